The predicted octanol–water partition coefficient (Wildman–Crippen LogP) is 3.29. The molecule has 0 saturated carbocycles. The second kappa shape index (κ2) is 6.85. The number of H-pyrrole nitrogens is 1. The Labute approximate surface area is 126 Å². The summed E-state index contributed by atoms with van der Waals surface area (Å²) < 4.78 is 38.0. The minimum atomic E-state index is -4.60. The standard InChI is InChI=1S/C14H20F3N3O2/c1-5-20(9(4)8(2)3)13(22)19-11-6-10(14(15,16)17)7-18-12(11)21/h6-9H,5H2,1-4H3,(H,18,21)(H,19,22)/t9-/m0/s1. The molecule has 2 amide bonds. The Kier molecular flexibility index (Phi) is 5.62. The summed E-state index contributed by atoms with van der Waals surface area (Å²) in [5.74, 6) is 0.172. The van der Waals surface area contributed by atoms with E-state index in [1.807, 2.05) is 25.8 Å². The van der Waals surface area contributed by atoms with E-state index in [0.717, 1.165) is 0 Å². The van der Waals surface area contributed by atoms with E-state index in [9.17, 15) is 22.8 Å². The molecule has 0 aliphatic carbocycles. The molecule has 0 fully saturated rings. The number of amides is 2. The van der Waals surface area contributed by atoms with E-state index in [0.29, 0.717) is 18.8 Å². The summed E-state index contributed by atoms with van der Waals surface area (Å²) in [7, 11) is 0. The van der Waals surface area contributed by atoms with Crippen LogP contribution in [0.2, 0.25) is 0 Å². The summed E-state index contributed by atoms with van der Waals surface area (Å²) in [4.78, 5) is 27.2. The number of alkyl halides is 3. The third-order valence-electron chi connectivity index (χ3n) is 3.53. The normalized spacial score (nSPS) is 13.1. The molecule has 0 radical (unpaired) electrons. The monoisotopic (exact) mass is 319 g/mol. The van der Waals surface area contributed by atoms with E-state index >= 15 is 0 Å². The number of urea groups is 1. The number of carbonyl (C=O) groups excluding carboxylic acids is 1. The molecule has 0 bridgehead atoms. The summed E-state index contributed by atoms with van der Waals surface area (Å²) in [6.45, 7) is 7.83. The number of nitrogens with zero attached hydrogens (tertiary/aromatic N) is 1. The summed E-state index contributed by atoms with van der Waals surface area (Å²) in [5, 5.41) is 2.25. The van der Waals surface area contributed by atoms with Crippen LogP contribution in [0.3, 0.4) is 0 Å². The molecule has 0 spiro atoms. The first-order valence-electron chi connectivity index (χ1n) is 6.95. The minimum absolute atomic E-state index is 0.116. The van der Waals surface area contributed by atoms with Gasteiger partial charge < -0.3 is 15.2 Å². The first kappa shape index (κ1) is 18.1. The third kappa shape index (κ3) is 4.25. The first-order valence-corrected chi connectivity index (χ1v) is 6.95. The Balaban J connectivity index is 3.03. The maximum Gasteiger partial charge on any atom is 0.417 e. The highest BCUT2D eigenvalue weighted by Crippen LogP contribution is 2.29. The predicted molar refractivity (Wildman–Crippen MR) is 77.8 cm³/mol. The summed E-state index contributed by atoms with van der Waals surface area (Å²) in [6, 6.07) is -0.0895. The van der Waals surface area contributed by atoms with Crippen LogP contribution in [0, 0.1) is 5.92 Å². The van der Waals surface area contributed by atoms with Gasteiger partial charge in [-0.05, 0) is 25.8 Å². The van der Waals surface area contributed by atoms with Crippen LogP contribution in [0.15, 0.2) is 17.1 Å². The number of carbonyl (C=O) groups is 1. The van der Waals surface area contributed by atoms with E-state index < -0.39 is 29.0 Å². The SMILES string of the molecule is CCN(C(=O)Nc1cc(C(F)(F)F)c[nH]c1=O)[C@@H](C)C(C)C. The van der Waals surface area contributed by atoms with Crippen molar-refractivity contribution < 1.29 is 18.0 Å². The van der Waals surface area contributed by atoms with Gasteiger partial charge in [-0.25, -0.2) is 4.79 Å². The van der Waals surface area contributed by atoms with Gasteiger partial charge in [0.15, 0.2) is 0 Å². The summed E-state index contributed by atoms with van der Waals surface area (Å²) in [6.07, 6.45) is -4.02. The molecule has 2 N–H and O–H groups in total. The van der Waals surface area contributed by atoms with Crippen LogP contribution in [-0.4, -0.2) is 28.5 Å². The van der Waals surface area contributed by atoms with Crippen molar-refractivity contribution in [3.63, 3.8) is 0 Å². The van der Waals surface area contributed by atoms with Crippen molar-refractivity contribution in [2.24, 2.45) is 5.92 Å². The molecular formula is C14H20F3N3O2. The summed E-state index contributed by atoms with van der Waals surface area (Å²) in [5.41, 5.74) is -2.23. The number of hydrogen-bond donors (Lipinski definition) is 2. The zero-order chi connectivity index (χ0) is 17.1. The second-order valence-electron chi connectivity index (χ2n) is 5.33. The van der Waals surface area contributed by atoms with Crippen molar-refractivity contribution in [1.29, 1.82) is 0 Å². The fourth-order valence-corrected chi connectivity index (χ4v) is 1.90. The Bertz CT molecular complexity index is 581. The summed E-state index contributed by atoms with van der Waals surface area (Å²) >= 11 is 0. The molecule has 8 heteroatoms. The van der Waals surface area contributed by atoms with E-state index in [2.05, 4.69) is 5.32 Å². The number of rotatable bonds is 4. The van der Waals surface area contributed by atoms with Gasteiger partial charge in [0.25, 0.3) is 5.56 Å². The average molecular weight is 319 g/mol. The van der Waals surface area contributed by atoms with Crippen molar-refractivity contribution in [1.82, 2.24) is 9.88 Å². The molecular weight excluding hydrogens is 299 g/mol. The van der Waals surface area contributed by atoms with Gasteiger partial charge in [0, 0.05) is 18.8 Å². The maximum absolute atomic E-state index is 12.7. The number of pyridine rings is 1. The molecule has 1 aromatic heterocycles. The first-order chi connectivity index (χ1) is 10.1. The van der Waals surface area contributed by atoms with Gasteiger partial charge in [-0.15, -0.1) is 0 Å². The highest BCUT2D eigenvalue weighted by Gasteiger charge is 2.32. The average Bonchev–Trinajstić information content (AvgIpc) is 2.40. The number of halogens is 3. The fraction of sp³-hybridized carbons (Fsp3) is 0.571. The van der Waals surface area contributed by atoms with Crippen LogP contribution < -0.4 is 10.9 Å². The van der Waals surface area contributed by atoms with Crippen molar-refractivity contribution in [3.05, 3.63) is 28.2 Å². The Hall–Kier alpha value is -1.99. The van der Waals surface area contributed by atoms with Crippen molar-refractivity contribution in [2.45, 2.75) is 39.9 Å². The Morgan fingerprint density at radius 3 is 2.41 bits per heavy atom. The van der Waals surface area contributed by atoms with E-state index in [1.54, 1.807) is 6.92 Å². The smallest absolute Gasteiger partial charge is 0.327 e. The number of aromatic nitrogens is 1. The molecule has 22 heavy (non-hydrogen) atoms. The molecule has 0 aliphatic rings. The van der Waals surface area contributed by atoms with Gasteiger partial charge in [-0.1, -0.05) is 13.8 Å². The largest absolute Gasteiger partial charge is 0.417 e. The maximum atomic E-state index is 12.7. The lowest BCUT2D eigenvalue weighted by atomic mass is 10.1. The molecule has 1 aromatic rings. The highest BCUT2D eigenvalue weighted by molar-refractivity contribution is 5.89. The molecule has 0 saturated heterocycles. The number of nitrogens with one attached hydrogen (secondary N) is 2. The lowest BCUT2D eigenvalue weighted by Crippen LogP contribution is -2.44. The molecule has 1 rings (SSSR count). The lowest BCUT2D eigenvalue weighted by molar-refractivity contribution is -0.137. The minimum Gasteiger partial charge on any atom is -0.327 e. The van der Waals surface area contributed by atoms with E-state index in [4.69, 9.17) is 0 Å². The molecule has 0 unspecified atom stereocenters. The van der Waals surface area contributed by atoms with Crippen LogP contribution >= 0.6 is 0 Å². The van der Waals surface area contributed by atoms with Crippen LogP contribution in [0.25, 0.3) is 0 Å². The van der Waals surface area contributed by atoms with Gasteiger partial charge >= 0.3 is 12.2 Å². The van der Waals surface area contributed by atoms with Crippen molar-refractivity contribution in [2.75, 3.05) is 11.9 Å². The van der Waals surface area contributed by atoms with E-state index in [-0.39, 0.29) is 12.0 Å². The van der Waals surface area contributed by atoms with Gasteiger partial charge in [-0.3, -0.25) is 4.79 Å². The van der Waals surface area contributed by atoms with Crippen molar-refractivity contribution in [3.8, 4) is 0 Å². The van der Waals surface area contributed by atoms with Gasteiger partial charge in [0.1, 0.15) is 5.69 Å². The lowest BCUT2D eigenvalue weighted by Gasteiger charge is -2.30. The Morgan fingerprint density at radius 1 is 1.36 bits per heavy atom. The highest BCUT2D eigenvalue weighted by atomic mass is 19.4. The molecule has 1 atom stereocenters. The topological polar surface area (TPSA) is 65.2 Å². The molecule has 5 nitrogen and oxygen atoms in total. The van der Waals surface area contributed by atoms with Gasteiger partial charge in [-0.2, -0.15) is 13.2 Å². The van der Waals surface area contributed by atoms with Crippen LogP contribution in [0.4, 0.5) is 23.7 Å². The molecule has 124 valence electrons. The second-order valence-corrected chi connectivity index (χ2v) is 5.33. The molecule has 0 aliphatic heterocycles. The Morgan fingerprint density at radius 2 is 1.95 bits per heavy atom. The number of hydrogen-bond acceptors (Lipinski definition) is 2. The van der Waals surface area contributed by atoms with Crippen molar-refractivity contribution >= 4 is 11.7 Å². The van der Waals surface area contributed by atoms with Crippen LogP contribution in [-0.2, 0) is 6.18 Å². The van der Waals surface area contributed by atoms with Crippen LogP contribution in [0.5, 0.6) is 0 Å². The van der Waals surface area contributed by atoms with E-state index in [1.165, 1.54) is 4.90 Å². The fourth-order valence-electron chi connectivity index (χ4n) is 1.90. The zero-order valence-electron chi connectivity index (χ0n) is 12.9. The zero-order valence-corrected chi connectivity index (χ0v) is 12.9. The number of anilines is 1. The third-order valence-corrected chi connectivity index (χ3v) is 3.53. The molecule has 1 heterocycles. The van der Waals surface area contributed by atoms with Crippen LogP contribution in [0.1, 0.15) is 33.3 Å². The quantitative estimate of drug-likeness (QED) is 0.894. The van der Waals surface area contributed by atoms with Gasteiger partial charge in [0.05, 0.1) is 5.56 Å². The number of aromatic amines is 1. The molecule has 0 aromatic carbocycles. The van der Waals surface area contributed by atoms with Gasteiger partial charge in [0.2, 0.25) is 0 Å².